The zero-order valence-corrected chi connectivity index (χ0v) is 10.2. The third kappa shape index (κ3) is 2.66. The van der Waals surface area contributed by atoms with E-state index < -0.39 is 0 Å². The van der Waals surface area contributed by atoms with Gasteiger partial charge in [-0.3, -0.25) is 16.3 Å². The van der Waals surface area contributed by atoms with Gasteiger partial charge in [-0.05, 0) is 31.0 Å². The summed E-state index contributed by atoms with van der Waals surface area (Å²) in [5.41, 5.74) is 4.83. The SMILES string of the molecule is Cc1occc1C(Cc1ccncc1Cl)NN. The lowest BCUT2D eigenvalue weighted by Gasteiger charge is -2.15. The maximum Gasteiger partial charge on any atom is 0.105 e. The Morgan fingerprint density at radius 1 is 1.53 bits per heavy atom. The highest BCUT2D eigenvalue weighted by atomic mass is 35.5. The van der Waals surface area contributed by atoms with Gasteiger partial charge in [-0.15, -0.1) is 0 Å². The Kier molecular flexibility index (Phi) is 3.78. The van der Waals surface area contributed by atoms with E-state index in [1.165, 1.54) is 0 Å². The maximum atomic E-state index is 6.07. The number of halogens is 1. The molecule has 3 N–H and O–H groups in total. The van der Waals surface area contributed by atoms with E-state index in [0.717, 1.165) is 16.9 Å². The summed E-state index contributed by atoms with van der Waals surface area (Å²) in [6, 6.07) is 3.78. The average Bonchev–Trinajstić information content (AvgIpc) is 2.75. The minimum atomic E-state index is -0.0198. The number of hydrazine groups is 1. The van der Waals surface area contributed by atoms with Gasteiger partial charge in [-0.25, -0.2) is 0 Å². The molecule has 2 rings (SSSR count). The van der Waals surface area contributed by atoms with Gasteiger partial charge in [0, 0.05) is 18.0 Å². The molecule has 1 atom stereocenters. The minimum absolute atomic E-state index is 0.0198. The molecule has 0 radical (unpaired) electrons. The molecule has 0 spiro atoms. The van der Waals surface area contributed by atoms with Crippen LogP contribution in [0.25, 0.3) is 0 Å². The van der Waals surface area contributed by atoms with Gasteiger partial charge in [0.2, 0.25) is 0 Å². The normalized spacial score (nSPS) is 12.6. The van der Waals surface area contributed by atoms with Crippen molar-refractivity contribution >= 4 is 11.6 Å². The summed E-state index contributed by atoms with van der Waals surface area (Å²) < 4.78 is 5.27. The van der Waals surface area contributed by atoms with Crippen LogP contribution in [0.4, 0.5) is 0 Å². The summed E-state index contributed by atoms with van der Waals surface area (Å²) in [5, 5.41) is 0.647. The number of aryl methyl sites for hydroxylation is 1. The fraction of sp³-hybridized carbons (Fsp3) is 0.250. The predicted octanol–water partition coefficient (Wildman–Crippen LogP) is 2.38. The van der Waals surface area contributed by atoms with Gasteiger partial charge in [-0.1, -0.05) is 11.6 Å². The monoisotopic (exact) mass is 251 g/mol. The molecule has 17 heavy (non-hydrogen) atoms. The van der Waals surface area contributed by atoms with Crippen molar-refractivity contribution < 1.29 is 4.42 Å². The summed E-state index contributed by atoms with van der Waals surface area (Å²) in [5.74, 6) is 6.44. The Morgan fingerprint density at radius 3 is 2.94 bits per heavy atom. The topological polar surface area (TPSA) is 64.1 Å². The van der Waals surface area contributed by atoms with Crippen LogP contribution in [-0.4, -0.2) is 4.98 Å². The van der Waals surface area contributed by atoms with Crippen LogP contribution in [0.2, 0.25) is 5.02 Å². The van der Waals surface area contributed by atoms with Crippen molar-refractivity contribution in [2.24, 2.45) is 5.84 Å². The molecular formula is C12H14ClN3O. The highest BCUT2D eigenvalue weighted by molar-refractivity contribution is 6.31. The molecule has 1 unspecified atom stereocenters. The quantitative estimate of drug-likeness (QED) is 0.647. The van der Waals surface area contributed by atoms with Crippen molar-refractivity contribution in [2.45, 2.75) is 19.4 Å². The summed E-state index contributed by atoms with van der Waals surface area (Å²) in [6.07, 6.45) is 5.70. The van der Waals surface area contributed by atoms with E-state index in [-0.39, 0.29) is 6.04 Å². The smallest absolute Gasteiger partial charge is 0.105 e. The van der Waals surface area contributed by atoms with Gasteiger partial charge in [0.25, 0.3) is 0 Å². The van der Waals surface area contributed by atoms with E-state index in [0.29, 0.717) is 11.4 Å². The number of aromatic nitrogens is 1. The molecule has 0 saturated carbocycles. The lowest BCUT2D eigenvalue weighted by Crippen LogP contribution is -2.29. The number of pyridine rings is 1. The van der Waals surface area contributed by atoms with Crippen molar-refractivity contribution in [1.82, 2.24) is 10.4 Å². The van der Waals surface area contributed by atoms with Gasteiger partial charge in [-0.2, -0.15) is 0 Å². The fourth-order valence-electron chi connectivity index (χ4n) is 1.80. The second-order valence-corrected chi connectivity index (χ2v) is 4.23. The van der Waals surface area contributed by atoms with Crippen molar-refractivity contribution in [3.63, 3.8) is 0 Å². The molecule has 2 aromatic rings. The summed E-state index contributed by atoms with van der Waals surface area (Å²) in [7, 11) is 0. The molecule has 0 aliphatic rings. The zero-order valence-electron chi connectivity index (χ0n) is 9.48. The molecule has 0 aliphatic carbocycles. The third-order valence-electron chi connectivity index (χ3n) is 2.76. The Morgan fingerprint density at radius 2 is 2.35 bits per heavy atom. The molecule has 5 heteroatoms. The molecule has 2 heterocycles. The predicted molar refractivity (Wildman–Crippen MR) is 66.5 cm³/mol. The second kappa shape index (κ2) is 5.31. The van der Waals surface area contributed by atoms with Crippen LogP contribution in [-0.2, 0) is 6.42 Å². The first kappa shape index (κ1) is 12.1. The standard InChI is InChI=1S/C12H14ClN3O/c1-8-10(3-5-17-8)12(16-14)6-9-2-4-15-7-11(9)13/h2-5,7,12,16H,6,14H2,1H3. The van der Waals surface area contributed by atoms with Crippen LogP contribution in [0.15, 0.2) is 35.2 Å². The molecule has 0 saturated heterocycles. The van der Waals surface area contributed by atoms with E-state index in [1.807, 2.05) is 19.1 Å². The highest BCUT2D eigenvalue weighted by Crippen LogP contribution is 2.24. The number of rotatable bonds is 4. The van der Waals surface area contributed by atoms with E-state index in [4.69, 9.17) is 21.9 Å². The first-order chi connectivity index (χ1) is 8.22. The largest absolute Gasteiger partial charge is 0.469 e. The van der Waals surface area contributed by atoms with Gasteiger partial charge >= 0.3 is 0 Å². The van der Waals surface area contributed by atoms with Crippen molar-refractivity contribution in [2.75, 3.05) is 0 Å². The van der Waals surface area contributed by atoms with E-state index in [1.54, 1.807) is 18.7 Å². The van der Waals surface area contributed by atoms with Crippen LogP contribution < -0.4 is 11.3 Å². The molecule has 4 nitrogen and oxygen atoms in total. The fourth-order valence-corrected chi connectivity index (χ4v) is 2.00. The van der Waals surface area contributed by atoms with Gasteiger partial charge < -0.3 is 4.42 Å². The number of hydrogen-bond acceptors (Lipinski definition) is 4. The Balaban J connectivity index is 2.22. The second-order valence-electron chi connectivity index (χ2n) is 3.82. The van der Waals surface area contributed by atoms with Crippen LogP contribution in [0.3, 0.4) is 0 Å². The molecule has 90 valence electrons. The van der Waals surface area contributed by atoms with E-state index in [9.17, 15) is 0 Å². The molecule has 0 bridgehead atoms. The summed E-state index contributed by atoms with van der Waals surface area (Å²) in [4.78, 5) is 3.96. The number of nitrogens with one attached hydrogen (secondary N) is 1. The molecule has 0 aromatic carbocycles. The van der Waals surface area contributed by atoms with Crippen molar-refractivity contribution in [3.8, 4) is 0 Å². The van der Waals surface area contributed by atoms with Crippen LogP contribution in [0.1, 0.15) is 22.9 Å². The van der Waals surface area contributed by atoms with Crippen LogP contribution in [0, 0.1) is 6.92 Å². The van der Waals surface area contributed by atoms with Crippen LogP contribution in [0.5, 0.6) is 0 Å². The van der Waals surface area contributed by atoms with Gasteiger partial charge in [0.05, 0.1) is 17.3 Å². The van der Waals surface area contributed by atoms with Crippen LogP contribution >= 0.6 is 11.6 Å². The molecular weight excluding hydrogens is 238 g/mol. The Hall–Kier alpha value is -1.36. The molecule has 0 aliphatic heterocycles. The third-order valence-corrected chi connectivity index (χ3v) is 3.10. The first-order valence-electron chi connectivity index (χ1n) is 5.31. The molecule has 0 amide bonds. The number of hydrogen-bond donors (Lipinski definition) is 2. The Bertz CT molecular complexity index is 498. The summed E-state index contributed by atoms with van der Waals surface area (Å²) >= 11 is 6.07. The van der Waals surface area contributed by atoms with Crippen molar-refractivity contribution in [1.29, 1.82) is 0 Å². The van der Waals surface area contributed by atoms with E-state index in [2.05, 4.69) is 10.4 Å². The number of nitrogens with two attached hydrogens (primary N) is 1. The first-order valence-corrected chi connectivity index (χ1v) is 5.68. The molecule has 2 aromatic heterocycles. The number of nitrogens with zero attached hydrogens (tertiary/aromatic N) is 1. The summed E-state index contributed by atoms with van der Waals surface area (Å²) in [6.45, 7) is 1.91. The highest BCUT2D eigenvalue weighted by Gasteiger charge is 2.16. The van der Waals surface area contributed by atoms with Gasteiger partial charge in [0.1, 0.15) is 5.76 Å². The van der Waals surface area contributed by atoms with Gasteiger partial charge in [0.15, 0.2) is 0 Å². The average molecular weight is 252 g/mol. The van der Waals surface area contributed by atoms with E-state index >= 15 is 0 Å². The minimum Gasteiger partial charge on any atom is -0.469 e. The zero-order chi connectivity index (χ0) is 12.3. The number of furan rings is 1. The van der Waals surface area contributed by atoms with Crippen molar-refractivity contribution in [3.05, 3.63) is 52.7 Å². The Labute approximate surface area is 105 Å². The maximum absolute atomic E-state index is 6.07. The lowest BCUT2D eigenvalue weighted by atomic mass is 10.0. The lowest BCUT2D eigenvalue weighted by molar-refractivity contribution is 0.502. The molecule has 0 fully saturated rings.